The Morgan fingerprint density at radius 1 is 1.72 bits per heavy atom. The predicted octanol–water partition coefficient (Wildman–Crippen LogP) is -0.184. The molecule has 1 N–H and O–H groups in total. The van der Waals surface area contributed by atoms with E-state index in [-0.39, 0.29) is 11.5 Å². The van der Waals surface area contributed by atoms with Crippen molar-refractivity contribution in [3.63, 3.8) is 0 Å². The highest BCUT2D eigenvalue weighted by molar-refractivity contribution is 7.90. The summed E-state index contributed by atoms with van der Waals surface area (Å²) in [5.74, 6) is -0.735. The maximum atomic E-state index is 11.8. The molecule has 0 aliphatic rings. The number of nitrogens with one attached hydrogen (secondary N) is 1. The van der Waals surface area contributed by atoms with Crippen LogP contribution in [-0.2, 0) is 26.6 Å². The molecule has 1 atom stereocenters. The van der Waals surface area contributed by atoms with E-state index < -0.39 is 22.0 Å². The second kappa shape index (κ2) is 5.78. The zero-order chi connectivity index (χ0) is 13.8. The van der Waals surface area contributed by atoms with Crippen LogP contribution >= 0.6 is 0 Å². The van der Waals surface area contributed by atoms with E-state index in [4.69, 9.17) is 4.74 Å². The molecule has 0 saturated carbocycles. The fraction of sp³-hybridized carbons (Fsp3) is 0.400. The molecule has 0 saturated heterocycles. The van der Waals surface area contributed by atoms with E-state index in [9.17, 15) is 13.2 Å². The average molecular weight is 273 g/mol. The summed E-state index contributed by atoms with van der Waals surface area (Å²) in [6.07, 6.45) is 3.05. The summed E-state index contributed by atoms with van der Waals surface area (Å²) in [7, 11) is -2.32. The number of aryl methyl sites for hydroxylation is 1. The van der Waals surface area contributed by atoms with Gasteiger partial charge in [0.05, 0.1) is 12.8 Å². The number of rotatable bonds is 6. The molecule has 1 aromatic rings. The second-order valence-electron chi connectivity index (χ2n) is 3.58. The normalized spacial score (nSPS) is 13.0. The fourth-order valence-corrected chi connectivity index (χ4v) is 2.13. The summed E-state index contributed by atoms with van der Waals surface area (Å²) in [6.45, 7) is 5.06. The highest BCUT2D eigenvalue weighted by Gasteiger charge is 2.22. The van der Waals surface area contributed by atoms with Gasteiger partial charge in [-0.1, -0.05) is 6.08 Å². The van der Waals surface area contributed by atoms with Gasteiger partial charge < -0.3 is 4.74 Å². The molecule has 18 heavy (non-hydrogen) atoms. The molecule has 1 amide bonds. The van der Waals surface area contributed by atoms with Crippen molar-refractivity contribution in [1.29, 1.82) is 0 Å². The number of ether oxygens (including phenoxy) is 1. The topological polar surface area (TPSA) is 90.3 Å². The Morgan fingerprint density at radius 2 is 2.39 bits per heavy atom. The van der Waals surface area contributed by atoms with E-state index in [2.05, 4.69) is 11.7 Å². The van der Waals surface area contributed by atoms with Gasteiger partial charge in [-0.05, 0) is 6.92 Å². The van der Waals surface area contributed by atoms with Crippen LogP contribution in [0.5, 0.6) is 0 Å². The minimum absolute atomic E-state index is 0.0747. The van der Waals surface area contributed by atoms with Gasteiger partial charge in [-0.2, -0.15) is 5.10 Å². The molecule has 1 aromatic heterocycles. The Morgan fingerprint density at radius 3 is 2.89 bits per heavy atom. The van der Waals surface area contributed by atoms with Gasteiger partial charge in [0, 0.05) is 13.2 Å². The molecule has 0 bridgehead atoms. The Bertz CT molecular complexity index is 535. The lowest BCUT2D eigenvalue weighted by molar-refractivity contribution is -0.129. The largest absolute Gasteiger partial charge is 0.365 e. The van der Waals surface area contributed by atoms with Gasteiger partial charge in [0.25, 0.3) is 15.9 Å². The van der Waals surface area contributed by atoms with Crippen molar-refractivity contribution in [3.8, 4) is 0 Å². The highest BCUT2D eigenvalue weighted by Crippen LogP contribution is 2.06. The number of hydrogen-bond donors (Lipinski definition) is 1. The molecule has 0 aliphatic carbocycles. The van der Waals surface area contributed by atoms with Crippen molar-refractivity contribution in [2.75, 3.05) is 6.61 Å². The number of nitrogens with zero attached hydrogens (tertiary/aromatic N) is 2. The van der Waals surface area contributed by atoms with Crippen LogP contribution in [0, 0.1) is 0 Å². The third-order valence-corrected chi connectivity index (χ3v) is 3.36. The summed E-state index contributed by atoms with van der Waals surface area (Å²) < 4.78 is 31.8. The Hall–Kier alpha value is -1.67. The lowest BCUT2D eigenvalue weighted by Gasteiger charge is -2.11. The Kier molecular flexibility index (Phi) is 4.62. The zero-order valence-corrected chi connectivity index (χ0v) is 11.0. The van der Waals surface area contributed by atoms with Crippen LogP contribution in [0.2, 0.25) is 0 Å². The summed E-state index contributed by atoms with van der Waals surface area (Å²) in [5, 5.41) is 3.73. The van der Waals surface area contributed by atoms with Gasteiger partial charge >= 0.3 is 0 Å². The van der Waals surface area contributed by atoms with Gasteiger partial charge in [-0.15, -0.1) is 6.58 Å². The minimum Gasteiger partial charge on any atom is -0.365 e. The first-order valence-electron chi connectivity index (χ1n) is 5.14. The molecule has 0 aliphatic heterocycles. The molecule has 100 valence electrons. The number of carbonyl (C=O) groups is 1. The zero-order valence-electron chi connectivity index (χ0n) is 10.2. The summed E-state index contributed by atoms with van der Waals surface area (Å²) in [4.78, 5) is 11.5. The first-order chi connectivity index (χ1) is 8.36. The molecule has 0 fully saturated rings. The number of amides is 1. The third kappa shape index (κ3) is 3.67. The van der Waals surface area contributed by atoms with Gasteiger partial charge in [-0.25, -0.2) is 13.1 Å². The lowest BCUT2D eigenvalue weighted by Crippen LogP contribution is -2.38. The van der Waals surface area contributed by atoms with E-state index in [0.29, 0.717) is 0 Å². The molecule has 0 aromatic carbocycles. The van der Waals surface area contributed by atoms with Gasteiger partial charge in [0.1, 0.15) is 11.0 Å². The van der Waals surface area contributed by atoms with E-state index in [1.807, 2.05) is 4.72 Å². The van der Waals surface area contributed by atoms with Crippen molar-refractivity contribution in [1.82, 2.24) is 14.5 Å². The van der Waals surface area contributed by atoms with Crippen LogP contribution in [0.4, 0.5) is 0 Å². The van der Waals surface area contributed by atoms with Crippen LogP contribution in [0.3, 0.4) is 0 Å². The molecule has 0 radical (unpaired) electrons. The molecule has 1 heterocycles. The SMILES string of the molecule is C=CCO[C@@H](C)C(=O)NS(=O)(=O)c1cnn(C)c1. The Labute approximate surface area is 105 Å². The van der Waals surface area contributed by atoms with E-state index in [0.717, 1.165) is 6.20 Å². The predicted molar refractivity (Wildman–Crippen MR) is 64.1 cm³/mol. The number of sulfonamides is 1. The van der Waals surface area contributed by atoms with Crippen molar-refractivity contribution in [3.05, 3.63) is 25.0 Å². The average Bonchev–Trinajstić information content (AvgIpc) is 2.72. The van der Waals surface area contributed by atoms with Crippen molar-refractivity contribution < 1.29 is 17.9 Å². The second-order valence-corrected chi connectivity index (χ2v) is 5.27. The van der Waals surface area contributed by atoms with Crippen molar-refractivity contribution in [2.24, 2.45) is 7.05 Å². The standard InChI is InChI=1S/C10H15N3O4S/c1-4-5-17-8(2)10(14)12-18(15,16)9-6-11-13(3)7-9/h4,6-8H,1,5H2,2-3H3,(H,12,14)/t8-/m0/s1. The summed E-state index contributed by atoms with van der Waals surface area (Å²) >= 11 is 0. The highest BCUT2D eigenvalue weighted by atomic mass is 32.2. The number of hydrogen-bond acceptors (Lipinski definition) is 5. The molecule has 0 unspecified atom stereocenters. The smallest absolute Gasteiger partial charge is 0.267 e. The molecule has 8 heteroatoms. The van der Waals surface area contributed by atoms with Gasteiger partial charge in [0.2, 0.25) is 0 Å². The van der Waals surface area contributed by atoms with E-state index in [1.54, 1.807) is 7.05 Å². The molecular weight excluding hydrogens is 258 g/mol. The number of aromatic nitrogens is 2. The molecule has 7 nitrogen and oxygen atoms in total. The number of carbonyl (C=O) groups excluding carboxylic acids is 1. The van der Waals surface area contributed by atoms with Crippen LogP contribution in [0.1, 0.15) is 6.92 Å². The van der Waals surface area contributed by atoms with Crippen LogP contribution in [0.15, 0.2) is 29.9 Å². The van der Waals surface area contributed by atoms with Crippen molar-refractivity contribution in [2.45, 2.75) is 17.9 Å². The van der Waals surface area contributed by atoms with Crippen LogP contribution < -0.4 is 4.72 Å². The van der Waals surface area contributed by atoms with Gasteiger partial charge in [-0.3, -0.25) is 9.48 Å². The monoisotopic (exact) mass is 273 g/mol. The fourth-order valence-electron chi connectivity index (χ4n) is 1.10. The first-order valence-corrected chi connectivity index (χ1v) is 6.63. The molecule has 1 rings (SSSR count). The Balaban J connectivity index is 2.72. The summed E-state index contributed by atoms with van der Waals surface area (Å²) in [5.41, 5.74) is 0. The summed E-state index contributed by atoms with van der Waals surface area (Å²) in [6, 6.07) is 0. The molecule has 0 spiro atoms. The third-order valence-electron chi connectivity index (χ3n) is 2.06. The van der Waals surface area contributed by atoms with Crippen LogP contribution in [-0.4, -0.2) is 36.8 Å². The lowest BCUT2D eigenvalue weighted by atomic mass is 10.4. The quantitative estimate of drug-likeness (QED) is 0.726. The maximum absolute atomic E-state index is 11.8. The van der Waals surface area contributed by atoms with Crippen molar-refractivity contribution >= 4 is 15.9 Å². The van der Waals surface area contributed by atoms with E-state index >= 15 is 0 Å². The van der Waals surface area contributed by atoms with Crippen LogP contribution in [0.25, 0.3) is 0 Å². The molecular formula is C10H15N3O4S. The first kappa shape index (κ1) is 14.4. The van der Waals surface area contributed by atoms with Gasteiger partial charge in [0.15, 0.2) is 0 Å². The maximum Gasteiger partial charge on any atom is 0.267 e. The minimum atomic E-state index is -3.90. The van der Waals surface area contributed by atoms with E-state index in [1.165, 1.54) is 23.9 Å².